The summed E-state index contributed by atoms with van der Waals surface area (Å²) in [5.41, 5.74) is 16.4. The number of aromatic nitrogens is 3. The number of primary amides is 1. The summed E-state index contributed by atoms with van der Waals surface area (Å²) in [5.74, 6) is 0.716. The van der Waals surface area contributed by atoms with E-state index in [1.54, 1.807) is 6.20 Å². The zero-order valence-electron chi connectivity index (χ0n) is 18.5. The molecular formula is C23H27N7O3. The molecule has 4 heterocycles. The van der Waals surface area contributed by atoms with Crippen LogP contribution in [0.5, 0.6) is 5.75 Å². The van der Waals surface area contributed by atoms with E-state index in [1.165, 1.54) is 0 Å². The van der Waals surface area contributed by atoms with Crippen LogP contribution >= 0.6 is 0 Å². The van der Waals surface area contributed by atoms with Crippen molar-refractivity contribution in [3.8, 4) is 16.9 Å². The van der Waals surface area contributed by atoms with Crippen molar-refractivity contribution in [1.29, 1.82) is 0 Å². The molecule has 0 saturated carbocycles. The van der Waals surface area contributed by atoms with Gasteiger partial charge in [-0.25, -0.2) is 9.78 Å². The smallest absolute Gasteiger partial charge is 0.320 e. The lowest BCUT2D eigenvalue weighted by Gasteiger charge is -2.34. The van der Waals surface area contributed by atoms with Crippen molar-refractivity contribution in [2.45, 2.75) is 26.3 Å². The number of imidazole rings is 1. The molecule has 1 saturated heterocycles. The van der Waals surface area contributed by atoms with Crippen LogP contribution in [0, 0.1) is 12.8 Å². The molecule has 2 aliphatic rings. The first-order valence-electron chi connectivity index (χ1n) is 11.1. The van der Waals surface area contributed by atoms with E-state index in [9.17, 15) is 9.59 Å². The lowest BCUT2D eigenvalue weighted by molar-refractivity contribution is -0.123. The number of nitrogen functional groups attached to an aromatic ring is 1. The molecule has 33 heavy (non-hydrogen) atoms. The first-order valence-corrected chi connectivity index (χ1v) is 11.1. The number of aromatic amines is 1. The number of aryl methyl sites for hydroxylation is 1. The summed E-state index contributed by atoms with van der Waals surface area (Å²) in [6.07, 6.45) is 2.99. The van der Waals surface area contributed by atoms with Crippen molar-refractivity contribution in [2.24, 2.45) is 11.7 Å². The Bertz CT molecular complexity index is 1230. The number of fused-ring (bicyclic) bond motifs is 2. The van der Waals surface area contributed by atoms with Gasteiger partial charge in [-0.3, -0.25) is 4.79 Å². The highest BCUT2D eigenvalue weighted by Crippen LogP contribution is 2.34. The minimum atomic E-state index is -0.285. The van der Waals surface area contributed by atoms with E-state index in [0.717, 1.165) is 33.5 Å². The third kappa shape index (κ3) is 4.04. The van der Waals surface area contributed by atoms with Crippen molar-refractivity contribution < 1.29 is 14.3 Å². The van der Waals surface area contributed by atoms with Crippen molar-refractivity contribution >= 4 is 29.1 Å². The highest BCUT2D eigenvalue weighted by atomic mass is 16.5. The number of nitrogens with one attached hydrogen (secondary N) is 1. The number of carbonyl (C=O) groups excluding carboxylic acids is 2. The Labute approximate surface area is 190 Å². The molecule has 10 nitrogen and oxygen atoms in total. The van der Waals surface area contributed by atoms with Crippen LogP contribution in [0.2, 0.25) is 0 Å². The molecule has 0 unspecified atom stereocenters. The molecule has 2 aromatic heterocycles. The van der Waals surface area contributed by atoms with E-state index in [2.05, 4.69) is 27.1 Å². The van der Waals surface area contributed by atoms with Gasteiger partial charge in [0.1, 0.15) is 12.4 Å². The Balaban J connectivity index is 1.40. The van der Waals surface area contributed by atoms with Gasteiger partial charge in [0, 0.05) is 36.3 Å². The van der Waals surface area contributed by atoms with Gasteiger partial charge in [0.2, 0.25) is 5.91 Å². The molecule has 3 aromatic rings. The number of ether oxygens (including phenoxy) is 1. The van der Waals surface area contributed by atoms with Crippen molar-refractivity contribution in [3.05, 3.63) is 35.5 Å². The normalized spacial score (nSPS) is 16.9. The summed E-state index contributed by atoms with van der Waals surface area (Å²) < 4.78 is 6.04. The van der Waals surface area contributed by atoms with Gasteiger partial charge in [-0.15, -0.1) is 0 Å². The number of nitrogens with zero attached hydrogens (tertiary/aromatic N) is 4. The number of benzene rings is 1. The number of amides is 3. The molecule has 2 aliphatic heterocycles. The maximum Gasteiger partial charge on any atom is 0.320 e. The second-order valence-corrected chi connectivity index (χ2v) is 8.71. The predicted octanol–water partition coefficient (Wildman–Crippen LogP) is 2.03. The monoisotopic (exact) mass is 449 g/mol. The van der Waals surface area contributed by atoms with Crippen LogP contribution in [-0.4, -0.2) is 62.9 Å². The fourth-order valence-corrected chi connectivity index (χ4v) is 4.68. The van der Waals surface area contributed by atoms with Gasteiger partial charge in [-0.2, -0.15) is 4.98 Å². The van der Waals surface area contributed by atoms with Crippen molar-refractivity contribution in [1.82, 2.24) is 24.8 Å². The topological polar surface area (TPSA) is 143 Å². The molecular weight excluding hydrogens is 422 g/mol. The van der Waals surface area contributed by atoms with Gasteiger partial charge in [0.15, 0.2) is 11.6 Å². The maximum absolute atomic E-state index is 13.2. The highest BCUT2D eigenvalue weighted by Gasteiger charge is 2.30. The van der Waals surface area contributed by atoms with Crippen LogP contribution in [0.1, 0.15) is 24.0 Å². The SMILES string of the molecule is Cc1cc(-c2cnc3nc(N)[nH]c3c2)cc2c1OCCN(C(=O)N1CCC(C(N)=O)CC1)C2. The van der Waals surface area contributed by atoms with E-state index < -0.39 is 0 Å². The number of rotatable bonds is 2. The molecule has 5 N–H and O–H groups in total. The molecule has 0 radical (unpaired) electrons. The van der Waals surface area contributed by atoms with Crippen molar-refractivity contribution in [3.63, 3.8) is 0 Å². The number of urea groups is 1. The number of pyridine rings is 1. The van der Waals surface area contributed by atoms with E-state index in [-0.39, 0.29) is 17.9 Å². The molecule has 0 atom stereocenters. The summed E-state index contributed by atoms with van der Waals surface area (Å²) in [5, 5.41) is 0. The van der Waals surface area contributed by atoms with Crippen LogP contribution in [0.4, 0.5) is 10.7 Å². The van der Waals surface area contributed by atoms with Gasteiger partial charge >= 0.3 is 6.03 Å². The highest BCUT2D eigenvalue weighted by molar-refractivity contribution is 5.81. The molecule has 0 bridgehead atoms. The first kappa shape index (κ1) is 21.0. The minimum absolute atomic E-state index is 0.0338. The quantitative estimate of drug-likeness (QED) is 0.546. The number of hydrogen-bond donors (Lipinski definition) is 3. The van der Waals surface area contributed by atoms with Crippen LogP contribution in [-0.2, 0) is 11.3 Å². The minimum Gasteiger partial charge on any atom is -0.491 e. The first-order chi connectivity index (χ1) is 15.9. The zero-order chi connectivity index (χ0) is 23.1. The maximum atomic E-state index is 13.2. The lowest BCUT2D eigenvalue weighted by atomic mass is 9.96. The summed E-state index contributed by atoms with van der Waals surface area (Å²) in [6.45, 7) is 4.46. The molecule has 3 amide bonds. The van der Waals surface area contributed by atoms with Gasteiger partial charge in [-0.1, -0.05) is 0 Å². The zero-order valence-corrected chi connectivity index (χ0v) is 18.5. The molecule has 5 rings (SSSR count). The standard InChI is InChI=1S/C23H27N7O3/c1-13-8-15(16-10-18-21(26-11-16)28-22(25)27-18)9-17-12-30(6-7-33-19(13)17)23(32)29-4-2-14(3-5-29)20(24)31/h8-11,14H,2-7,12H2,1H3,(H2,24,31)(H3,25,26,27,28). The fraction of sp³-hybridized carbons (Fsp3) is 0.391. The molecule has 0 aliphatic carbocycles. The number of anilines is 1. The molecule has 1 fully saturated rings. The third-order valence-corrected chi connectivity index (χ3v) is 6.45. The predicted molar refractivity (Wildman–Crippen MR) is 123 cm³/mol. The number of carbonyl (C=O) groups is 2. The average Bonchev–Trinajstić information content (AvgIpc) is 3.03. The second-order valence-electron chi connectivity index (χ2n) is 8.71. The molecule has 10 heteroatoms. The third-order valence-electron chi connectivity index (χ3n) is 6.45. The summed E-state index contributed by atoms with van der Waals surface area (Å²) in [6, 6.07) is 6.05. The molecule has 1 aromatic carbocycles. The average molecular weight is 450 g/mol. The van der Waals surface area contributed by atoms with Crippen LogP contribution in [0.3, 0.4) is 0 Å². The van der Waals surface area contributed by atoms with Gasteiger partial charge < -0.3 is 31.0 Å². The van der Waals surface area contributed by atoms with Crippen molar-refractivity contribution in [2.75, 3.05) is 32.0 Å². The Morgan fingerprint density at radius 1 is 1.12 bits per heavy atom. The summed E-state index contributed by atoms with van der Waals surface area (Å²) >= 11 is 0. The Morgan fingerprint density at radius 3 is 2.67 bits per heavy atom. The Kier molecular flexibility index (Phi) is 5.27. The number of H-pyrrole nitrogens is 1. The van der Waals surface area contributed by atoms with Gasteiger partial charge in [0.25, 0.3) is 0 Å². The second kappa shape index (κ2) is 8.27. The molecule has 172 valence electrons. The Hall–Kier alpha value is -3.82. The summed E-state index contributed by atoms with van der Waals surface area (Å²) in [4.78, 5) is 39.9. The largest absolute Gasteiger partial charge is 0.491 e. The van der Waals surface area contributed by atoms with Crippen LogP contribution in [0.15, 0.2) is 24.4 Å². The fourth-order valence-electron chi connectivity index (χ4n) is 4.68. The summed E-state index contributed by atoms with van der Waals surface area (Å²) in [7, 11) is 0. The Morgan fingerprint density at radius 2 is 1.91 bits per heavy atom. The lowest BCUT2D eigenvalue weighted by Crippen LogP contribution is -2.48. The van der Waals surface area contributed by atoms with Crippen LogP contribution in [0.25, 0.3) is 22.3 Å². The van der Waals surface area contributed by atoms with E-state index >= 15 is 0 Å². The number of nitrogens with two attached hydrogens (primary N) is 2. The van der Waals surface area contributed by atoms with E-state index in [4.69, 9.17) is 16.2 Å². The van der Waals surface area contributed by atoms with Gasteiger partial charge in [0.05, 0.1) is 18.6 Å². The number of piperidine rings is 1. The molecule has 0 spiro atoms. The number of hydrogen-bond acceptors (Lipinski definition) is 6. The van der Waals surface area contributed by atoms with Crippen LogP contribution < -0.4 is 16.2 Å². The number of likely N-dealkylation sites (tertiary alicyclic amines) is 1. The van der Waals surface area contributed by atoms with E-state index in [1.807, 2.05) is 22.8 Å². The van der Waals surface area contributed by atoms with Gasteiger partial charge in [-0.05, 0) is 49.1 Å². The van der Waals surface area contributed by atoms with E-state index in [0.29, 0.717) is 57.2 Å².